The first-order valence-electron chi connectivity index (χ1n) is 7.66. The van der Waals surface area contributed by atoms with Gasteiger partial charge in [0.1, 0.15) is 0 Å². The number of aryl methyl sites for hydroxylation is 1. The van der Waals surface area contributed by atoms with Gasteiger partial charge in [0.15, 0.2) is 0 Å². The molecule has 1 rings (SSSR count). The van der Waals surface area contributed by atoms with Gasteiger partial charge in [0.05, 0.1) is 0 Å². The zero-order chi connectivity index (χ0) is 14.3. The largest absolute Gasteiger partial charge is 0.329 e. The second-order valence-electron chi connectivity index (χ2n) is 5.44. The Hall–Kier alpha value is -0.860. The van der Waals surface area contributed by atoms with Crippen molar-refractivity contribution in [1.29, 1.82) is 0 Å². The van der Waals surface area contributed by atoms with Gasteiger partial charge in [-0.05, 0) is 24.9 Å². The highest BCUT2D eigenvalue weighted by atomic mass is 15.2. The number of benzene rings is 1. The average molecular weight is 262 g/mol. The Morgan fingerprint density at radius 2 is 1.84 bits per heavy atom. The van der Waals surface area contributed by atoms with Crippen LogP contribution in [0.25, 0.3) is 0 Å². The minimum atomic E-state index is 0.352. The highest BCUT2D eigenvalue weighted by molar-refractivity contribution is 5.25. The molecule has 2 nitrogen and oxygen atoms in total. The first-order valence-corrected chi connectivity index (χ1v) is 7.66. The van der Waals surface area contributed by atoms with E-state index in [0.717, 1.165) is 19.0 Å². The van der Waals surface area contributed by atoms with Crippen molar-refractivity contribution in [2.75, 3.05) is 19.6 Å². The Morgan fingerprint density at radius 3 is 2.32 bits per heavy atom. The lowest BCUT2D eigenvalue weighted by Crippen LogP contribution is -2.37. The Labute approximate surface area is 119 Å². The molecule has 0 amide bonds. The van der Waals surface area contributed by atoms with Crippen LogP contribution in [0.1, 0.15) is 50.8 Å². The van der Waals surface area contributed by atoms with E-state index in [2.05, 4.69) is 56.9 Å². The van der Waals surface area contributed by atoms with Crippen molar-refractivity contribution in [3.05, 3.63) is 35.4 Å². The maximum Gasteiger partial charge on any atom is 0.0470 e. The minimum absolute atomic E-state index is 0.352. The van der Waals surface area contributed by atoms with Gasteiger partial charge in [-0.1, -0.05) is 63.4 Å². The third kappa shape index (κ3) is 4.63. The van der Waals surface area contributed by atoms with Gasteiger partial charge in [-0.3, -0.25) is 4.90 Å². The lowest BCUT2D eigenvalue weighted by atomic mass is 9.98. The summed E-state index contributed by atoms with van der Waals surface area (Å²) in [5.74, 6) is 0.777. The van der Waals surface area contributed by atoms with Crippen LogP contribution >= 0.6 is 0 Å². The van der Waals surface area contributed by atoms with Crippen molar-refractivity contribution in [3.63, 3.8) is 0 Å². The van der Waals surface area contributed by atoms with Crippen molar-refractivity contribution >= 4 is 0 Å². The molecule has 2 heteroatoms. The number of hydrogen-bond acceptors (Lipinski definition) is 2. The van der Waals surface area contributed by atoms with Crippen molar-refractivity contribution in [2.24, 2.45) is 11.7 Å². The Balaban J connectivity index is 2.86. The first-order chi connectivity index (χ1) is 9.15. The third-order valence-corrected chi connectivity index (χ3v) is 4.14. The van der Waals surface area contributed by atoms with Crippen molar-refractivity contribution < 1.29 is 0 Å². The van der Waals surface area contributed by atoms with E-state index >= 15 is 0 Å². The molecule has 0 fully saturated rings. The summed E-state index contributed by atoms with van der Waals surface area (Å²) >= 11 is 0. The zero-order valence-corrected chi connectivity index (χ0v) is 13.0. The van der Waals surface area contributed by atoms with E-state index in [4.69, 9.17) is 5.73 Å². The number of rotatable bonds is 8. The van der Waals surface area contributed by atoms with E-state index in [9.17, 15) is 0 Å². The van der Waals surface area contributed by atoms with Gasteiger partial charge in [-0.25, -0.2) is 0 Å². The SMILES string of the molecule is CCC(CC)CN(CC)C(CN)c1cccc(C)c1. The molecule has 0 aliphatic rings. The summed E-state index contributed by atoms with van der Waals surface area (Å²) in [4.78, 5) is 2.53. The summed E-state index contributed by atoms with van der Waals surface area (Å²) in [6.07, 6.45) is 2.50. The topological polar surface area (TPSA) is 29.3 Å². The van der Waals surface area contributed by atoms with Crippen molar-refractivity contribution in [2.45, 2.75) is 46.6 Å². The summed E-state index contributed by atoms with van der Waals surface area (Å²) in [6.45, 7) is 11.9. The molecule has 108 valence electrons. The molecule has 1 aromatic rings. The molecule has 0 heterocycles. The fraction of sp³-hybridized carbons (Fsp3) is 0.647. The highest BCUT2D eigenvalue weighted by Gasteiger charge is 2.20. The molecule has 0 saturated carbocycles. The Morgan fingerprint density at radius 1 is 1.16 bits per heavy atom. The van der Waals surface area contributed by atoms with Crippen LogP contribution in [-0.2, 0) is 0 Å². The Bertz CT molecular complexity index is 358. The second kappa shape index (κ2) is 8.34. The van der Waals surface area contributed by atoms with Crippen LogP contribution in [0.3, 0.4) is 0 Å². The molecule has 0 aliphatic heterocycles. The van der Waals surface area contributed by atoms with E-state index in [-0.39, 0.29) is 0 Å². The summed E-state index contributed by atoms with van der Waals surface area (Å²) in [6, 6.07) is 9.12. The molecule has 0 spiro atoms. The van der Waals surface area contributed by atoms with Gasteiger partial charge in [-0.2, -0.15) is 0 Å². The average Bonchev–Trinajstić information content (AvgIpc) is 2.43. The number of nitrogens with two attached hydrogens (primary N) is 1. The summed E-state index contributed by atoms with van der Waals surface area (Å²) in [5, 5.41) is 0. The fourth-order valence-corrected chi connectivity index (χ4v) is 2.73. The van der Waals surface area contributed by atoms with Crippen LogP contribution in [0, 0.1) is 12.8 Å². The van der Waals surface area contributed by atoms with Gasteiger partial charge in [0.25, 0.3) is 0 Å². The first kappa shape index (κ1) is 16.2. The number of hydrogen-bond donors (Lipinski definition) is 1. The number of nitrogens with zero attached hydrogens (tertiary/aromatic N) is 1. The minimum Gasteiger partial charge on any atom is -0.329 e. The van der Waals surface area contributed by atoms with Gasteiger partial charge in [0, 0.05) is 19.1 Å². The van der Waals surface area contributed by atoms with E-state index in [0.29, 0.717) is 12.6 Å². The van der Waals surface area contributed by atoms with Crippen LogP contribution in [0.15, 0.2) is 24.3 Å². The highest BCUT2D eigenvalue weighted by Crippen LogP contribution is 2.23. The summed E-state index contributed by atoms with van der Waals surface area (Å²) in [5.41, 5.74) is 8.72. The molecule has 1 unspecified atom stereocenters. The fourth-order valence-electron chi connectivity index (χ4n) is 2.73. The van der Waals surface area contributed by atoms with Crippen LogP contribution in [0.5, 0.6) is 0 Å². The zero-order valence-electron chi connectivity index (χ0n) is 13.0. The maximum atomic E-state index is 6.05. The molecule has 1 aromatic carbocycles. The molecule has 0 aromatic heterocycles. The maximum absolute atomic E-state index is 6.05. The molecular formula is C17H30N2. The molecule has 2 N–H and O–H groups in total. The monoisotopic (exact) mass is 262 g/mol. The molecule has 0 bridgehead atoms. The smallest absolute Gasteiger partial charge is 0.0470 e. The lowest BCUT2D eigenvalue weighted by molar-refractivity contribution is 0.174. The van der Waals surface area contributed by atoms with Crippen LogP contribution in [0.2, 0.25) is 0 Å². The number of likely N-dealkylation sites (N-methyl/N-ethyl adjacent to an activating group) is 1. The van der Waals surface area contributed by atoms with E-state index in [1.54, 1.807) is 0 Å². The van der Waals surface area contributed by atoms with Gasteiger partial charge in [-0.15, -0.1) is 0 Å². The quantitative estimate of drug-likeness (QED) is 0.773. The standard InChI is InChI=1S/C17H30N2/c1-5-15(6-2)13-19(7-3)17(12-18)16-10-8-9-14(4)11-16/h8-11,15,17H,5-7,12-13,18H2,1-4H3. The second-order valence-corrected chi connectivity index (χ2v) is 5.44. The molecule has 0 saturated heterocycles. The van der Waals surface area contributed by atoms with Gasteiger partial charge >= 0.3 is 0 Å². The molecule has 19 heavy (non-hydrogen) atoms. The van der Waals surface area contributed by atoms with Crippen LogP contribution in [-0.4, -0.2) is 24.5 Å². The van der Waals surface area contributed by atoms with Crippen molar-refractivity contribution in [3.8, 4) is 0 Å². The van der Waals surface area contributed by atoms with E-state index in [1.165, 1.54) is 24.0 Å². The van der Waals surface area contributed by atoms with E-state index < -0.39 is 0 Å². The third-order valence-electron chi connectivity index (χ3n) is 4.14. The molecular weight excluding hydrogens is 232 g/mol. The summed E-state index contributed by atoms with van der Waals surface area (Å²) < 4.78 is 0. The molecule has 1 atom stereocenters. The Kier molecular flexibility index (Phi) is 7.11. The molecule has 0 radical (unpaired) electrons. The molecule has 0 aliphatic carbocycles. The van der Waals surface area contributed by atoms with E-state index in [1.807, 2.05) is 0 Å². The van der Waals surface area contributed by atoms with Gasteiger partial charge < -0.3 is 5.73 Å². The lowest BCUT2D eigenvalue weighted by Gasteiger charge is -2.33. The normalized spacial score (nSPS) is 13.2. The predicted octanol–water partition coefficient (Wildman–Crippen LogP) is 3.75. The van der Waals surface area contributed by atoms with Crippen molar-refractivity contribution in [1.82, 2.24) is 4.90 Å². The van der Waals surface area contributed by atoms with Crippen LogP contribution < -0.4 is 5.73 Å². The van der Waals surface area contributed by atoms with Gasteiger partial charge in [0.2, 0.25) is 0 Å². The predicted molar refractivity (Wildman–Crippen MR) is 84.3 cm³/mol. The van der Waals surface area contributed by atoms with Crippen LogP contribution in [0.4, 0.5) is 0 Å². The summed E-state index contributed by atoms with van der Waals surface area (Å²) in [7, 11) is 0.